The van der Waals surface area contributed by atoms with Crippen LogP contribution in [0.1, 0.15) is 46.5 Å². The summed E-state index contributed by atoms with van der Waals surface area (Å²) in [5.41, 5.74) is 0. The van der Waals surface area contributed by atoms with Gasteiger partial charge in [-0.25, -0.2) is 0 Å². The molecule has 2 rings (SSSR count). The summed E-state index contributed by atoms with van der Waals surface area (Å²) >= 11 is -0.574. The first-order chi connectivity index (χ1) is 8.58. The zero-order chi connectivity index (χ0) is 13.1. The summed E-state index contributed by atoms with van der Waals surface area (Å²) in [6.45, 7) is 7.43. The van der Waals surface area contributed by atoms with E-state index in [-0.39, 0.29) is 11.4 Å². The van der Waals surface area contributed by atoms with Crippen LogP contribution in [-0.2, 0) is 20.1 Å². The first-order valence-electron chi connectivity index (χ1n) is 7.12. The lowest BCUT2D eigenvalue weighted by Gasteiger charge is -2.35. The van der Waals surface area contributed by atoms with Gasteiger partial charge in [-0.15, -0.1) is 0 Å². The fourth-order valence-corrected chi connectivity index (χ4v) is 4.28. The molecule has 104 valence electrons. The Morgan fingerprint density at radius 1 is 1.39 bits per heavy atom. The van der Waals surface area contributed by atoms with Crippen LogP contribution in [0, 0.1) is 17.8 Å². The van der Waals surface area contributed by atoms with E-state index in [1.165, 1.54) is 12.8 Å². The Morgan fingerprint density at radius 3 is 2.78 bits per heavy atom. The Kier molecular flexibility index (Phi) is 4.96. The van der Waals surface area contributed by atoms with Crippen molar-refractivity contribution in [1.82, 2.24) is 0 Å². The molecule has 0 aromatic carbocycles. The highest BCUT2D eigenvalue weighted by molar-refractivity contribution is 8.06. The molecular formula is C14H25O3S+. The van der Waals surface area contributed by atoms with Crippen LogP contribution < -0.4 is 0 Å². The Balaban J connectivity index is 1.93. The summed E-state index contributed by atoms with van der Waals surface area (Å²) in [7, 11) is 0. The van der Waals surface area contributed by atoms with E-state index in [1.54, 1.807) is 0 Å². The van der Waals surface area contributed by atoms with E-state index in [9.17, 15) is 4.79 Å². The van der Waals surface area contributed by atoms with Crippen LogP contribution in [0.25, 0.3) is 0 Å². The predicted molar refractivity (Wildman–Crippen MR) is 74.4 cm³/mol. The van der Waals surface area contributed by atoms with Gasteiger partial charge in [0.15, 0.2) is 5.75 Å². The summed E-state index contributed by atoms with van der Waals surface area (Å²) in [5, 5.41) is -0.0998. The molecule has 1 saturated carbocycles. The molecule has 2 fully saturated rings. The van der Waals surface area contributed by atoms with Crippen LogP contribution >= 0.6 is 0 Å². The van der Waals surface area contributed by atoms with Gasteiger partial charge in [0.2, 0.25) is 0 Å². The summed E-state index contributed by atoms with van der Waals surface area (Å²) in [6, 6.07) is 0. The molecule has 0 radical (unpaired) electrons. The minimum atomic E-state index is -0.574. The maximum absolute atomic E-state index is 12.1. The molecule has 4 atom stereocenters. The molecule has 0 bridgehead atoms. The molecule has 18 heavy (non-hydrogen) atoms. The van der Waals surface area contributed by atoms with Crippen LogP contribution in [0.4, 0.5) is 4.79 Å². The molecule has 2 aliphatic rings. The second-order valence-corrected chi connectivity index (χ2v) is 7.63. The molecule has 3 nitrogen and oxygen atoms in total. The Morgan fingerprint density at radius 2 is 2.17 bits per heavy atom. The second kappa shape index (κ2) is 6.29. The fraction of sp³-hybridized carbons (Fsp3) is 0.929. The van der Waals surface area contributed by atoms with Crippen LogP contribution in [0.5, 0.6) is 0 Å². The van der Waals surface area contributed by atoms with E-state index in [0.717, 1.165) is 18.6 Å². The van der Waals surface area contributed by atoms with Crippen molar-refractivity contribution in [2.24, 2.45) is 17.8 Å². The average molecular weight is 273 g/mol. The van der Waals surface area contributed by atoms with Crippen molar-refractivity contribution < 1.29 is 13.7 Å². The SMILES string of the molecule is CC1CCC(C(C)C)C(OC(=O)[S+]2CCCO2)C1. The molecule has 1 heterocycles. The van der Waals surface area contributed by atoms with Crippen molar-refractivity contribution in [2.75, 3.05) is 12.4 Å². The molecule has 4 unspecified atom stereocenters. The molecule has 0 aromatic heterocycles. The molecule has 4 heteroatoms. The predicted octanol–water partition coefficient (Wildman–Crippen LogP) is 3.54. The summed E-state index contributed by atoms with van der Waals surface area (Å²) < 4.78 is 11.2. The van der Waals surface area contributed by atoms with E-state index >= 15 is 0 Å². The lowest BCUT2D eigenvalue weighted by atomic mass is 9.75. The maximum atomic E-state index is 12.1. The Labute approximate surface area is 113 Å². The molecule has 0 spiro atoms. The summed E-state index contributed by atoms with van der Waals surface area (Å²) in [4.78, 5) is 12.1. The van der Waals surface area contributed by atoms with Gasteiger partial charge in [0, 0.05) is 6.42 Å². The number of hydrogen-bond donors (Lipinski definition) is 0. The number of carbonyl (C=O) groups excluding carboxylic acids is 1. The number of rotatable bonds is 2. The Bertz CT molecular complexity index is 287. The van der Waals surface area contributed by atoms with E-state index in [0.29, 0.717) is 24.4 Å². The summed E-state index contributed by atoms with van der Waals surface area (Å²) in [5.74, 6) is 2.64. The highest BCUT2D eigenvalue weighted by Gasteiger charge is 2.42. The van der Waals surface area contributed by atoms with E-state index in [4.69, 9.17) is 8.92 Å². The molecule has 1 aliphatic carbocycles. The zero-order valence-corrected chi connectivity index (χ0v) is 12.5. The van der Waals surface area contributed by atoms with E-state index < -0.39 is 11.2 Å². The van der Waals surface area contributed by atoms with Crippen molar-refractivity contribution >= 4 is 16.5 Å². The van der Waals surface area contributed by atoms with E-state index in [2.05, 4.69) is 20.8 Å². The third-order valence-corrected chi connectivity index (χ3v) is 5.67. The largest absolute Gasteiger partial charge is 0.561 e. The van der Waals surface area contributed by atoms with Gasteiger partial charge in [0.05, 0.1) is 0 Å². The van der Waals surface area contributed by atoms with Crippen molar-refractivity contribution in [3.63, 3.8) is 0 Å². The van der Waals surface area contributed by atoms with Gasteiger partial charge >= 0.3 is 5.30 Å². The van der Waals surface area contributed by atoms with Gasteiger partial charge in [0.1, 0.15) is 12.7 Å². The van der Waals surface area contributed by atoms with Crippen LogP contribution in [0.15, 0.2) is 0 Å². The van der Waals surface area contributed by atoms with Gasteiger partial charge in [-0.1, -0.05) is 27.2 Å². The van der Waals surface area contributed by atoms with Crippen LogP contribution in [0.3, 0.4) is 0 Å². The fourth-order valence-electron chi connectivity index (χ4n) is 2.97. The molecule has 1 aliphatic heterocycles. The van der Waals surface area contributed by atoms with Crippen molar-refractivity contribution in [3.8, 4) is 0 Å². The molecule has 0 aromatic rings. The van der Waals surface area contributed by atoms with Crippen LogP contribution in [-0.4, -0.2) is 23.8 Å². The van der Waals surface area contributed by atoms with Gasteiger partial charge in [-0.2, -0.15) is 8.98 Å². The minimum absolute atomic E-state index is 0.0998. The smallest absolute Gasteiger partial charge is 0.420 e. The van der Waals surface area contributed by atoms with Gasteiger partial charge in [-0.3, -0.25) is 0 Å². The van der Waals surface area contributed by atoms with E-state index in [1.807, 2.05) is 0 Å². The van der Waals surface area contributed by atoms with Crippen LogP contribution in [0.2, 0.25) is 0 Å². The van der Waals surface area contributed by atoms with Gasteiger partial charge in [0.25, 0.3) is 11.2 Å². The van der Waals surface area contributed by atoms with Crippen molar-refractivity contribution in [1.29, 1.82) is 0 Å². The molecule has 1 saturated heterocycles. The third kappa shape index (κ3) is 3.41. The van der Waals surface area contributed by atoms with Gasteiger partial charge in [-0.05, 0) is 30.6 Å². The second-order valence-electron chi connectivity index (χ2n) is 5.96. The average Bonchev–Trinajstić information content (AvgIpc) is 2.81. The molecule has 0 amide bonds. The molecular weight excluding hydrogens is 248 g/mol. The zero-order valence-electron chi connectivity index (χ0n) is 11.7. The minimum Gasteiger partial charge on any atom is -0.420 e. The molecule has 0 N–H and O–H groups in total. The van der Waals surface area contributed by atoms with Crippen molar-refractivity contribution in [2.45, 2.75) is 52.6 Å². The lowest BCUT2D eigenvalue weighted by Crippen LogP contribution is -2.37. The summed E-state index contributed by atoms with van der Waals surface area (Å²) in [6.07, 6.45) is 4.57. The number of carbonyl (C=O) groups is 1. The quantitative estimate of drug-likeness (QED) is 0.570. The monoisotopic (exact) mass is 273 g/mol. The standard InChI is InChI=1S/C14H25O3S/c1-10(2)12-6-5-11(3)9-13(12)17-14(15)18-8-4-7-16-18/h10-13H,4-9H2,1-3H3/q+1. The normalized spacial score (nSPS) is 36.9. The third-order valence-electron chi connectivity index (χ3n) is 4.09. The first-order valence-corrected chi connectivity index (χ1v) is 8.44. The lowest BCUT2D eigenvalue weighted by molar-refractivity contribution is 0.0176. The maximum Gasteiger partial charge on any atom is 0.561 e. The van der Waals surface area contributed by atoms with Crippen molar-refractivity contribution in [3.05, 3.63) is 0 Å². The topological polar surface area (TPSA) is 35.5 Å². The highest BCUT2D eigenvalue weighted by Crippen LogP contribution is 2.36. The Hall–Kier alpha value is -0.220. The number of hydrogen-bond acceptors (Lipinski definition) is 3. The van der Waals surface area contributed by atoms with Gasteiger partial charge < -0.3 is 4.74 Å². The first kappa shape index (κ1) is 14.2. The number of ether oxygens (including phenoxy) is 1. The highest BCUT2D eigenvalue weighted by atomic mass is 32.2.